The zero-order chi connectivity index (χ0) is 13.7. The number of rotatable bonds is 0. The fourth-order valence-electron chi connectivity index (χ4n) is 3.14. The predicted molar refractivity (Wildman–Crippen MR) is 80.9 cm³/mol. The van der Waals surface area contributed by atoms with Crippen molar-refractivity contribution in [1.82, 2.24) is 4.98 Å². The average Bonchev–Trinajstić information content (AvgIpc) is 2.69. The van der Waals surface area contributed by atoms with Crippen molar-refractivity contribution >= 4 is 38.4 Å². The molecule has 0 amide bonds. The molecular weight excluding hydrogens is 318 g/mol. The van der Waals surface area contributed by atoms with Crippen molar-refractivity contribution in [2.24, 2.45) is 5.10 Å². The van der Waals surface area contributed by atoms with E-state index in [0.717, 1.165) is 39.6 Å². The van der Waals surface area contributed by atoms with Gasteiger partial charge in [-0.25, -0.2) is 0 Å². The lowest BCUT2D eigenvalue weighted by Gasteiger charge is -2.24. The van der Waals surface area contributed by atoms with Crippen LogP contribution in [0.25, 0.3) is 10.9 Å². The second kappa shape index (κ2) is 4.45. The first kappa shape index (κ1) is 12.1. The summed E-state index contributed by atoms with van der Waals surface area (Å²) in [6.45, 7) is 0. The van der Waals surface area contributed by atoms with Gasteiger partial charge in [0.1, 0.15) is 0 Å². The minimum absolute atomic E-state index is 0.217. The molecule has 4 rings (SSSR count). The number of nitrogens with one attached hydrogen (secondary N) is 1. The van der Waals surface area contributed by atoms with Gasteiger partial charge in [0.25, 0.3) is 0 Å². The number of halogens is 1. The van der Waals surface area contributed by atoms with Gasteiger partial charge in [0, 0.05) is 21.5 Å². The average molecular weight is 331 g/mol. The Kier molecular flexibility index (Phi) is 2.70. The summed E-state index contributed by atoms with van der Waals surface area (Å²) in [5, 5.41) is 16.8. The Morgan fingerprint density at radius 3 is 2.90 bits per heavy atom. The molecule has 0 bridgehead atoms. The molecule has 0 spiro atoms. The number of pyridine rings is 1. The summed E-state index contributed by atoms with van der Waals surface area (Å²) in [6, 6.07) is 3.71. The summed E-state index contributed by atoms with van der Waals surface area (Å²) in [7, 11) is 0. The maximum Gasteiger partial charge on any atom is 0.0875 e. The summed E-state index contributed by atoms with van der Waals surface area (Å²) in [5.41, 5.74) is 7.88. The zero-order valence-electron chi connectivity index (χ0n) is 10.9. The van der Waals surface area contributed by atoms with E-state index >= 15 is 0 Å². The maximum absolute atomic E-state index is 11.9. The third-order valence-corrected chi connectivity index (χ3v) is 4.76. The Bertz CT molecular complexity index is 755. The molecule has 0 unspecified atom stereocenters. The zero-order valence-corrected chi connectivity index (χ0v) is 12.5. The van der Waals surface area contributed by atoms with Crippen LogP contribution in [0.3, 0.4) is 0 Å². The molecule has 2 heterocycles. The van der Waals surface area contributed by atoms with Gasteiger partial charge in [0.05, 0.1) is 11.2 Å². The smallest absolute Gasteiger partial charge is 0.0875 e. The van der Waals surface area contributed by atoms with Crippen molar-refractivity contribution in [3.8, 4) is 0 Å². The lowest BCUT2D eigenvalue weighted by Crippen LogP contribution is -2.24. The molecule has 1 N–H and O–H groups in total. The van der Waals surface area contributed by atoms with E-state index in [1.54, 1.807) is 0 Å². The number of hydrogen-bond acceptors (Lipinski definition) is 4. The van der Waals surface area contributed by atoms with E-state index in [1.165, 1.54) is 24.8 Å². The van der Waals surface area contributed by atoms with E-state index in [-0.39, 0.29) is 5.90 Å². The van der Waals surface area contributed by atoms with Gasteiger partial charge in [-0.15, -0.1) is 0 Å². The summed E-state index contributed by atoms with van der Waals surface area (Å²) in [6.07, 6.45) is 5.60. The fraction of sp³-hybridized carbons (Fsp3) is 0.333. The number of hydrazone groups is 1. The molecule has 0 fully saturated rings. The number of anilines is 1. The van der Waals surface area contributed by atoms with Crippen LogP contribution in [0, 0.1) is 0 Å². The lowest BCUT2D eigenvalue weighted by molar-refractivity contribution is -0.212. The molecule has 0 saturated heterocycles. The summed E-state index contributed by atoms with van der Waals surface area (Å²) in [4.78, 5) is 4.83. The quantitative estimate of drug-likeness (QED) is 0.755. The van der Waals surface area contributed by atoms with Gasteiger partial charge in [-0.1, -0.05) is 12.5 Å². The van der Waals surface area contributed by atoms with Gasteiger partial charge in [-0.05, 0) is 58.8 Å². The Labute approximate surface area is 125 Å². The molecule has 2 aliphatic rings. The number of aryl methyl sites for hydroxylation is 1. The minimum Gasteiger partial charge on any atom is -0.857 e. The van der Waals surface area contributed by atoms with Gasteiger partial charge in [-0.3, -0.25) is 10.4 Å². The highest BCUT2D eigenvalue weighted by atomic mass is 79.9. The molecule has 1 aliphatic carbocycles. The monoisotopic (exact) mass is 330 g/mol. The molecule has 1 aliphatic heterocycles. The van der Waals surface area contributed by atoms with Gasteiger partial charge >= 0.3 is 0 Å². The number of hydrogen-bond donors (Lipinski definition) is 1. The van der Waals surface area contributed by atoms with E-state index in [4.69, 9.17) is 4.98 Å². The topological polar surface area (TPSA) is 60.3 Å². The fourth-order valence-corrected chi connectivity index (χ4v) is 3.56. The summed E-state index contributed by atoms with van der Waals surface area (Å²) < 4.78 is 0.932. The molecule has 102 valence electrons. The SMILES string of the molecule is [O-]C1=NNc2c3c(nc4c(Br)ccc1c24)CCCCC3. The maximum atomic E-state index is 11.9. The third-order valence-electron chi connectivity index (χ3n) is 4.12. The first-order valence-electron chi connectivity index (χ1n) is 6.91. The normalized spacial score (nSPS) is 17.1. The second-order valence-corrected chi connectivity index (χ2v) is 6.17. The standard InChI is InChI=1S/C15H14BrN3O/c16-10-7-6-9-12-13(18-19-15(9)20)8-4-2-1-3-5-11(8)17-14(10)12/h6-7,18H,1-5H2,(H,19,20)/p-1. The van der Waals surface area contributed by atoms with Crippen LogP contribution in [-0.2, 0) is 12.8 Å². The molecule has 1 aromatic heterocycles. The van der Waals surface area contributed by atoms with Gasteiger partial charge in [0.15, 0.2) is 0 Å². The minimum atomic E-state index is -0.217. The van der Waals surface area contributed by atoms with E-state index in [2.05, 4.69) is 26.5 Å². The van der Waals surface area contributed by atoms with Crippen molar-refractivity contribution in [3.05, 3.63) is 33.4 Å². The Morgan fingerprint density at radius 1 is 1.15 bits per heavy atom. The summed E-state index contributed by atoms with van der Waals surface area (Å²) in [5.74, 6) is -0.217. The molecule has 0 atom stereocenters. The highest BCUT2D eigenvalue weighted by Crippen LogP contribution is 2.38. The number of nitrogens with zero attached hydrogens (tertiary/aromatic N) is 2. The van der Waals surface area contributed by atoms with Crippen molar-refractivity contribution in [2.45, 2.75) is 32.1 Å². The molecule has 2 aromatic rings. The van der Waals surface area contributed by atoms with Crippen molar-refractivity contribution in [2.75, 3.05) is 5.43 Å². The molecule has 1 aromatic carbocycles. The van der Waals surface area contributed by atoms with E-state index in [0.29, 0.717) is 5.56 Å². The second-order valence-electron chi connectivity index (χ2n) is 5.32. The van der Waals surface area contributed by atoms with Crippen LogP contribution < -0.4 is 10.5 Å². The van der Waals surface area contributed by atoms with Crippen LogP contribution in [0.5, 0.6) is 0 Å². The van der Waals surface area contributed by atoms with Crippen LogP contribution in [0.1, 0.15) is 36.1 Å². The van der Waals surface area contributed by atoms with Crippen molar-refractivity contribution in [3.63, 3.8) is 0 Å². The van der Waals surface area contributed by atoms with Crippen molar-refractivity contribution < 1.29 is 5.11 Å². The van der Waals surface area contributed by atoms with Gasteiger partial charge in [0.2, 0.25) is 0 Å². The first-order valence-corrected chi connectivity index (χ1v) is 7.70. The Morgan fingerprint density at radius 2 is 2.00 bits per heavy atom. The first-order chi connectivity index (χ1) is 9.75. The summed E-state index contributed by atoms with van der Waals surface area (Å²) >= 11 is 3.55. The van der Waals surface area contributed by atoms with Crippen molar-refractivity contribution in [1.29, 1.82) is 0 Å². The van der Waals surface area contributed by atoms with E-state index in [9.17, 15) is 5.11 Å². The Hall–Kier alpha value is -1.62. The number of benzene rings is 1. The van der Waals surface area contributed by atoms with E-state index in [1.807, 2.05) is 12.1 Å². The van der Waals surface area contributed by atoms with Crippen LogP contribution in [-0.4, -0.2) is 10.9 Å². The molecule has 20 heavy (non-hydrogen) atoms. The number of fused-ring (bicyclic) bond motifs is 2. The van der Waals surface area contributed by atoms with E-state index < -0.39 is 0 Å². The van der Waals surface area contributed by atoms with Gasteiger partial charge < -0.3 is 5.11 Å². The molecule has 0 radical (unpaired) electrons. The van der Waals surface area contributed by atoms with Crippen LogP contribution in [0.15, 0.2) is 21.7 Å². The molecule has 4 nitrogen and oxygen atoms in total. The van der Waals surface area contributed by atoms with Gasteiger partial charge in [-0.2, -0.15) is 5.10 Å². The third kappa shape index (κ3) is 1.66. The van der Waals surface area contributed by atoms with Crippen LogP contribution in [0.4, 0.5) is 5.69 Å². The van der Waals surface area contributed by atoms with Crippen LogP contribution in [0.2, 0.25) is 0 Å². The molecule has 0 saturated carbocycles. The number of aromatic nitrogens is 1. The highest BCUT2D eigenvalue weighted by molar-refractivity contribution is 9.10. The largest absolute Gasteiger partial charge is 0.857 e. The van der Waals surface area contributed by atoms with Crippen LogP contribution >= 0.6 is 15.9 Å². The predicted octanol–water partition coefficient (Wildman–Crippen LogP) is 2.71. The lowest BCUT2D eigenvalue weighted by atomic mass is 9.98. The molecular formula is C15H13BrN3O-. The Balaban J connectivity index is 2.12. The highest BCUT2D eigenvalue weighted by Gasteiger charge is 2.22. The molecule has 5 heteroatoms.